The Hall–Kier alpha value is -1.16. The van der Waals surface area contributed by atoms with E-state index in [4.69, 9.17) is 11.6 Å². The minimum Gasteiger partial charge on any atom is -0.433 e. The highest BCUT2D eigenvalue weighted by atomic mass is 35.5. The fraction of sp³-hybridized carbons (Fsp3) is 0.300. The van der Waals surface area contributed by atoms with Crippen molar-refractivity contribution in [2.24, 2.45) is 0 Å². The van der Waals surface area contributed by atoms with Gasteiger partial charge in [-0.05, 0) is 31.5 Å². The molecule has 1 rings (SSSR count). The quantitative estimate of drug-likeness (QED) is 0.749. The molecule has 0 spiro atoms. The number of carbonyl (C=O) groups is 1. The normalized spacial score (nSPS) is 10.5. The molecule has 0 saturated carbocycles. The first kappa shape index (κ1) is 11.9. The first-order chi connectivity index (χ1) is 6.93. The standard InChI is InChI=1S/C10H9ClF2O2/c1-5-7(6(2)14)3-4-8(9(5)11)15-10(12)13/h3-4,10H,1-2H3. The summed E-state index contributed by atoms with van der Waals surface area (Å²) in [7, 11) is 0. The summed E-state index contributed by atoms with van der Waals surface area (Å²) >= 11 is 5.78. The summed E-state index contributed by atoms with van der Waals surface area (Å²) in [4.78, 5) is 11.1. The minimum absolute atomic E-state index is 0.0444. The summed E-state index contributed by atoms with van der Waals surface area (Å²) in [5, 5.41) is 0.0444. The Bertz CT molecular complexity index is 391. The van der Waals surface area contributed by atoms with Crippen LogP contribution in [0.25, 0.3) is 0 Å². The molecule has 1 aromatic rings. The van der Waals surface area contributed by atoms with E-state index >= 15 is 0 Å². The molecule has 0 fully saturated rings. The molecule has 0 aliphatic heterocycles. The lowest BCUT2D eigenvalue weighted by Crippen LogP contribution is -2.04. The number of hydrogen-bond donors (Lipinski definition) is 0. The van der Waals surface area contributed by atoms with Crippen molar-refractivity contribution in [1.82, 2.24) is 0 Å². The molecule has 0 aromatic heterocycles. The van der Waals surface area contributed by atoms with Crippen molar-refractivity contribution in [3.8, 4) is 5.75 Å². The van der Waals surface area contributed by atoms with Crippen LogP contribution in [-0.4, -0.2) is 12.4 Å². The van der Waals surface area contributed by atoms with Gasteiger partial charge in [-0.2, -0.15) is 8.78 Å². The van der Waals surface area contributed by atoms with Crippen LogP contribution >= 0.6 is 11.6 Å². The third-order valence-electron chi connectivity index (χ3n) is 1.95. The third-order valence-corrected chi connectivity index (χ3v) is 2.42. The third kappa shape index (κ3) is 2.65. The first-order valence-electron chi connectivity index (χ1n) is 4.18. The number of benzene rings is 1. The molecule has 1 aromatic carbocycles. The molecule has 15 heavy (non-hydrogen) atoms. The van der Waals surface area contributed by atoms with E-state index in [0.29, 0.717) is 11.1 Å². The van der Waals surface area contributed by atoms with Gasteiger partial charge in [0.2, 0.25) is 0 Å². The van der Waals surface area contributed by atoms with Crippen molar-refractivity contribution < 1.29 is 18.3 Å². The van der Waals surface area contributed by atoms with Crippen molar-refractivity contribution in [3.63, 3.8) is 0 Å². The molecule has 0 amide bonds. The molecule has 0 saturated heterocycles. The zero-order chi connectivity index (χ0) is 11.6. The summed E-state index contributed by atoms with van der Waals surface area (Å²) in [6.07, 6.45) is 0. The maximum absolute atomic E-state index is 11.9. The van der Waals surface area contributed by atoms with Gasteiger partial charge < -0.3 is 4.74 Å². The van der Waals surface area contributed by atoms with Gasteiger partial charge >= 0.3 is 6.61 Å². The van der Waals surface area contributed by atoms with E-state index in [-0.39, 0.29) is 16.6 Å². The lowest BCUT2D eigenvalue weighted by Gasteiger charge is -2.10. The number of rotatable bonds is 3. The molecule has 0 atom stereocenters. The molecule has 82 valence electrons. The largest absolute Gasteiger partial charge is 0.433 e. The number of halogens is 3. The van der Waals surface area contributed by atoms with Crippen LogP contribution in [-0.2, 0) is 0 Å². The Balaban J connectivity index is 3.15. The predicted molar refractivity (Wildman–Crippen MR) is 52.8 cm³/mol. The van der Waals surface area contributed by atoms with Gasteiger partial charge in [-0.25, -0.2) is 0 Å². The van der Waals surface area contributed by atoms with E-state index in [0.717, 1.165) is 0 Å². The summed E-state index contributed by atoms with van der Waals surface area (Å²) < 4.78 is 28.1. The monoisotopic (exact) mass is 234 g/mol. The second kappa shape index (κ2) is 4.57. The summed E-state index contributed by atoms with van der Waals surface area (Å²) in [5.74, 6) is -0.285. The molecule has 0 radical (unpaired) electrons. The topological polar surface area (TPSA) is 26.3 Å². The van der Waals surface area contributed by atoms with Gasteiger partial charge in [0.15, 0.2) is 5.78 Å². The van der Waals surface area contributed by atoms with Crippen LogP contribution in [0.5, 0.6) is 5.75 Å². The Kier molecular flexibility index (Phi) is 3.63. The number of ether oxygens (including phenoxy) is 1. The molecule has 0 aliphatic rings. The molecule has 2 nitrogen and oxygen atoms in total. The number of Topliss-reactive ketones (excluding diaryl/α,β-unsaturated/α-hetero) is 1. The number of alkyl halides is 2. The Labute approximate surface area is 90.8 Å². The highest BCUT2D eigenvalue weighted by molar-refractivity contribution is 6.33. The van der Waals surface area contributed by atoms with Crippen molar-refractivity contribution in [3.05, 3.63) is 28.3 Å². The first-order valence-corrected chi connectivity index (χ1v) is 4.56. The minimum atomic E-state index is -2.93. The molecule has 0 bridgehead atoms. The summed E-state index contributed by atoms with van der Waals surface area (Å²) in [6.45, 7) is 0.0362. The predicted octanol–water partition coefficient (Wildman–Crippen LogP) is 3.45. The van der Waals surface area contributed by atoms with Gasteiger partial charge in [0, 0.05) is 5.56 Å². The van der Waals surface area contributed by atoms with E-state index in [1.54, 1.807) is 6.92 Å². The van der Waals surface area contributed by atoms with Crippen LogP contribution in [0.2, 0.25) is 5.02 Å². The van der Waals surface area contributed by atoms with Crippen LogP contribution in [0.1, 0.15) is 22.8 Å². The van der Waals surface area contributed by atoms with E-state index < -0.39 is 6.61 Å². The molecule has 5 heteroatoms. The molecule has 0 N–H and O–H groups in total. The van der Waals surface area contributed by atoms with Gasteiger partial charge in [-0.3, -0.25) is 4.79 Å². The Morgan fingerprint density at radius 3 is 2.53 bits per heavy atom. The second-order valence-corrected chi connectivity index (χ2v) is 3.36. The Morgan fingerprint density at radius 2 is 2.07 bits per heavy atom. The van der Waals surface area contributed by atoms with Gasteiger partial charge in [0.25, 0.3) is 0 Å². The van der Waals surface area contributed by atoms with Crippen molar-refractivity contribution in [1.29, 1.82) is 0 Å². The molecule has 0 aliphatic carbocycles. The van der Waals surface area contributed by atoms with Crippen LogP contribution in [0.4, 0.5) is 8.78 Å². The van der Waals surface area contributed by atoms with Crippen LogP contribution in [0.15, 0.2) is 12.1 Å². The van der Waals surface area contributed by atoms with Crippen LogP contribution in [0.3, 0.4) is 0 Å². The molecular formula is C10H9ClF2O2. The maximum atomic E-state index is 11.9. The van der Waals surface area contributed by atoms with E-state index in [9.17, 15) is 13.6 Å². The van der Waals surface area contributed by atoms with E-state index in [1.165, 1.54) is 19.1 Å². The number of ketones is 1. The van der Waals surface area contributed by atoms with Crippen molar-refractivity contribution in [2.75, 3.05) is 0 Å². The average Bonchev–Trinajstić information content (AvgIpc) is 2.12. The lowest BCUT2D eigenvalue weighted by molar-refractivity contribution is -0.0498. The summed E-state index contributed by atoms with van der Waals surface area (Å²) in [6, 6.07) is 2.68. The van der Waals surface area contributed by atoms with E-state index in [1.807, 2.05) is 0 Å². The van der Waals surface area contributed by atoms with Gasteiger partial charge in [0.1, 0.15) is 5.75 Å². The number of hydrogen-bond acceptors (Lipinski definition) is 2. The van der Waals surface area contributed by atoms with Gasteiger partial charge in [-0.15, -0.1) is 0 Å². The Morgan fingerprint density at radius 1 is 1.47 bits per heavy atom. The van der Waals surface area contributed by atoms with Crippen molar-refractivity contribution >= 4 is 17.4 Å². The fourth-order valence-electron chi connectivity index (χ4n) is 1.23. The van der Waals surface area contributed by atoms with Gasteiger partial charge in [-0.1, -0.05) is 11.6 Å². The second-order valence-electron chi connectivity index (χ2n) is 2.98. The lowest BCUT2D eigenvalue weighted by atomic mass is 10.1. The van der Waals surface area contributed by atoms with E-state index in [2.05, 4.69) is 4.74 Å². The van der Waals surface area contributed by atoms with Crippen LogP contribution in [0, 0.1) is 6.92 Å². The molecular weight excluding hydrogens is 226 g/mol. The van der Waals surface area contributed by atoms with Crippen LogP contribution < -0.4 is 4.74 Å². The zero-order valence-electron chi connectivity index (χ0n) is 8.18. The SMILES string of the molecule is CC(=O)c1ccc(OC(F)F)c(Cl)c1C. The highest BCUT2D eigenvalue weighted by Crippen LogP contribution is 2.31. The number of carbonyl (C=O) groups excluding carboxylic acids is 1. The smallest absolute Gasteiger partial charge is 0.387 e. The maximum Gasteiger partial charge on any atom is 0.387 e. The fourth-order valence-corrected chi connectivity index (χ4v) is 1.44. The van der Waals surface area contributed by atoms with Gasteiger partial charge in [0.05, 0.1) is 5.02 Å². The summed E-state index contributed by atoms with van der Waals surface area (Å²) in [5.41, 5.74) is 0.851. The molecule has 0 heterocycles. The molecule has 0 unspecified atom stereocenters. The zero-order valence-corrected chi connectivity index (χ0v) is 8.94. The van der Waals surface area contributed by atoms with Crippen molar-refractivity contribution in [2.45, 2.75) is 20.5 Å². The average molecular weight is 235 g/mol. The highest BCUT2D eigenvalue weighted by Gasteiger charge is 2.14.